The molecule has 3 heterocycles. The number of carbonyl (C=O) groups is 1. The Balaban J connectivity index is 1.53. The van der Waals surface area contributed by atoms with E-state index in [1.54, 1.807) is 12.1 Å². The molecule has 2 N–H and O–H groups in total. The first-order valence-electron chi connectivity index (χ1n) is 10.4. The van der Waals surface area contributed by atoms with Gasteiger partial charge in [0.25, 0.3) is 0 Å². The van der Waals surface area contributed by atoms with Crippen molar-refractivity contribution in [2.75, 3.05) is 25.0 Å². The Morgan fingerprint density at radius 1 is 1.17 bits per heavy atom. The van der Waals surface area contributed by atoms with Gasteiger partial charge in [0.15, 0.2) is 0 Å². The quantitative estimate of drug-likeness (QED) is 0.576. The van der Waals surface area contributed by atoms with Gasteiger partial charge in [-0.2, -0.15) is 0 Å². The Labute approximate surface area is 184 Å². The lowest BCUT2D eigenvalue weighted by Gasteiger charge is -2.44. The van der Waals surface area contributed by atoms with Gasteiger partial charge in [0.05, 0.1) is 17.9 Å². The second-order valence-electron chi connectivity index (χ2n) is 8.13. The highest BCUT2D eigenvalue weighted by Gasteiger charge is 2.37. The number of nitrogens with one attached hydrogen (secondary N) is 1. The van der Waals surface area contributed by atoms with Gasteiger partial charge < -0.3 is 15.2 Å². The Bertz CT molecular complexity index is 944. The first kappa shape index (κ1) is 19.2. The topological polar surface area (TPSA) is 61.8 Å². The molecule has 0 saturated carbocycles. The van der Waals surface area contributed by atoms with Crippen LogP contribution in [0.4, 0.5) is 5.69 Å². The number of rotatable bonds is 3. The van der Waals surface area contributed by atoms with Crippen LogP contribution >= 0.6 is 22.6 Å². The third-order valence-corrected chi connectivity index (χ3v) is 7.39. The van der Waals surface area contributed by atoms with Crippen LogP contribution in [0.3, 0.4) is 0 Å². The summed E-state index contributed by atoms with van der Waals surface area (Å²) in [4.78, 5) is 13.9. The van der Waals surface area contributed by atoms with Crippen molar-refractivity contribution in [3.8, 4) is 5.75 Å². The molecule has 0 aromatic heterocycles. The molecule has 0 amide bonds. The number of ether oxygens (including phenoxy) is 1. The second-order valence-corrected chi connectivity index (χ2v) is 9.29. The Morgan fingerprint density at radius 3 is 2.79 bits per heavy atom. The smallest absolute Gasteiger partial charge is 0.335 e. The summed E-state index contributed by atoms with van der Waals surface area (Å²) in [6, 6.07) is 10.4. The van der Waals surface area contributed by atoms with Crippen LogP contribution in [-0.2, 0) is 6.42 Å². The molecule has 2 aromatic rings. The zero-order valence-electron chi connectivity index (χ0n) is 16.3. The van der Waals surface area contributed by atoms with Crippen LogP contribution in [-0.4, -0.2) is 35.7 Å². The van der Waals surface area contributed by atoms with Gasteiger partial charge in [-0.3, -0.25) is 4.90 Å². The predicted molar refractivity (Wildman–Crippen MR) is 121 cm³/mol. The van der Waals surface area contributed by atoms with Crippen LogP contribution in [0, 0.1) is 3.57 Å². The van der Waals surface area contributed by atoms with Crippen molar-refractivity contribution in [3.63, 3.8) is 0 Å². The number of halogens is 1. The lowest BCUT2D eigenvalue weighted by Crippen LogP contribution is -2.39. The van der Waals surface area contributed by atoms with Crippen LogP contribution in [0.2, 0.25) is 0 Å². The third kappa shape index (κ3) is 3.40. The van der Waals surface area contributed by atoms with Crippen molar-refractivity contribution in [1.29, 1.82) is 0 Å². The summed E-state index contributed by atoms with van der Waals surface area (Å²) in [7, 11) is 0. The zero-order chi connectivity index (χ0) is 20.0. The maximum absolute atomic E-state index is 11.2. The molecule has 1 fully saturated rings. The fraction of sp³-hybridized carbons (Fsp3) is 0.435. The normalized spacial score (nSPS) is 23.6. The van der Waals surface area contributed by atoms with Crippen molar-refractivity contribution < 1.29 is 14.6 Å². The van der Waals surface area contributed by atoms with Gasteiger partial charge in [0.2, 0.25) is 0 Å². The average molecular weight is 504 g/mol. The summed E-state index contributed by atoms with van der Waals surface area (Å²) in [5.74, 6) is 0.187. The standard InChI is InChI=1S/C23H25IN2O3/c24-17-13-20-21(16-8-10-25-22(16)17)19(9-12-29-20)26-11-2-1-3-18(26)14-4-6-15(7-5-14)23(27)28/h4-7,13,18-19,25H,1-3,8-12H2,(H,27,28). The van der Waals surface area contributed by atoms with Crippen LogP contribution < -0.4 is 10.1 Å². The van der Waals surface area contributed by atoms with E-state index >= 15 is 0 Å². The largest absolute Gasteiger partial charge is 0.493 e. The minimum atomic E-state index is -0.868. The summed E-state index contributed by atoms with van der Waals surface area (Å²) in [6.07, 6.45) is 5.60. The van der Waals surface area contributed by atoms with Crippen LogP contribution in [0.5, 0.6) is 5.75 Å². The molecular weight excluding hydrogens is 479 g/mol. The number of nitrogens with zero attached hydrogens (tertiary/aromatic N) is 1. The van der Waals surface area contributed by atoms with Gasteiger partial charge in [0, 0.05) is 34.2 Å². The molecule has 2 atom stereocenters. The lowest BCUT2D eigenvalue weighted by molar-refractivity contribution is 0.0661. The van der Waals surface area contributed by atoms with E-state index in [1.165, 1.54) is 38.8 Å². The van der Waals surface area contributed by atoms with E-state index in [9.17, 15) is 9.90 Å². The Hall–Kier alpha value is -1.80. The van der Waals surface area contributed by atoms with Gasteiger partial charge in [-0.1, -0.05) is 18.6 Å². The summed E-state index contributed by atoms with van der Waals surface area (Å²) >= 11 is 2.41. The molecule has 0 radical (unpaired) electrons. The van der Waals surface area contributed by atoms with Crippen molar-refractivity contribution in [1.82, 2.24) is 4.90 Å². The molecule has 5 nitrogen and oxygen atoms in total. The van der Waals surface area contributed by atoms with E-state index in [2.05, 4.69) is 38.9 Å². The molecule has 3 aliphatic heterocycles. The number of likely N-dealkylation sites (tertiary alicyclic amines) is 1. The van der Waals surface area contributed by atoms with Gasteiger partial charge in [-0.15, -0.1) is 0 Å². The first-order chi connectivity index (χ1) is 14.1. The molecule has 2 unspecified atom stereocenters. The zero-order valence-corrected chi connectivity index (χ0v) is 18.4. The minimum absolute atomic E-state index is 0.326. The number of carboxylic acid groups (broad SMARTS) is 1. The van der Waals surface area contributed by atoms with E-state index in [1.807, 2.05) is 12.1 Å². The monoisotopic (exact) mass is 504 g/mol. The molecule has 152 valence electrons. The van der Waals surface area contributed by atoms with Crippen LogP contribution in [0.25, 0.3) is 0 Å². The fourth-order valence-electron chi connectivity index (χ4n) is 5.23. The molecule has 1 saturated heterocycles. The highest BCUT2D eigenvalue weighted by atomic mass is 127. The SMILES string of the molecule is O=C(O)c1ccc(C2CCCCN2C2CCOc3cc(I)c4c(c32)CCN4)cc1. The molecule has 2 aromatic carbocycles. The number of anilines is 1. The molecule has 29 heavy (non-hydrogen) atoms. The number of carboxylic acids is 1. The lowest BCUT2D eigenvalue weighted by atomic mass is 9.87. The molecule has 5 rings (SSSR count). The predicted octanol–water partition coefficient (Wildman–Crippen LogP) is 5.01. The molecule has 6 heteroatoms. The summed E-state index contributed by atoms with van der Waals surface area (Å²) in [5, 5.41) is 12.8. The second kappa shape index (κ2) is 7.80. The minimum Gasteiger partial charge on any atom is -0.493 e. The van der Waals surface area contributed by atoms with Gasteiger partial charge in [-0.05, 0) is 77.7 Å². The van der Waals surface area contributed by atoms with Gasteiger partial charge in [0.1, 0.15) is 5.75 Å². The molecule has 3 aliphatic rings. The molecule has 0 bridgehead atoms. The third-order valence-electron chi connectivity index (χ3n) is 6.53. The number of aromatic carboxylic acids is 1. The van der Waals surface area contributed by atoms with E-state index < -0.39 is 5.97 Å². The van der Waals surface area contributed by atoms with Crippen molar-refractivity contribution in [2.45, 2.75) is 44.2 Å². The average Bonchev–Trinajstić information content (AvgIpc) is 3.24. The Morgan fingerprint density at radius 2 is 2.00 bits per heavy atom. The van der Waals surface area contributed by atoms with Crippen molar-refractivity contribution in [2.24, 2.45) is 0 Å². The Kier molecular flexibility index (Phi) is 5.16. The van der Waals surface area contributed by atoms with Gasteiger partial charge in [-0.25, -0.2) is 4.79 Å². The van der Waals surface area contributed by atoms with Crippen molar-refractivity contribution >= 4 is 34.2 Å². The fourth-order valence-corrected chi connectivity index (χ4v) is 6.03. The van der Waals surface area contributed by atoms with E-state index in [0.29, 0.717) is 17.6 Å². The van der Waals surface area contributed by atoms with E-state index in [4.69, 9.17) is 4.74 Å². The highest BCUT2D eigenvalue weighted by molar-refractivity contribution is 14.1. The molecular formula is C23H25IN2O3. The maximum Gasteiger partial charge on any atom is 0.335 e. The number of fused-ring (bicyclic) bond motifs is 3. The van der Waals surface area contributed by atoms with Crippen LogP contribution in [0.1, 0.15) is 64.8 Å². The number of hydrogen-bond acceptors (Lipinski definition) is 4. The molecule has 0 aliphatic carbocycles. The summed E-state index contributed by atoms with van der Waals surface area (Å²) < 4.78 is 7.35. The number of hydrogen-bond donors (Lipinski definition) is 2. The summed E-state index contributed by atoms with van der Waals surface area (Å²) in [5.41, 5.74) is 5.68. The van der Waals surface area contributed by atoms with E-state index in [-0.39, 0.29) is 0 Å². The van der Waals surface area contributed by atoms with Gasteiger partial charge >= 0.3 is 5.97 Å². The van der Waals surface area contributed by atoms with E-state index in [0.717, 1.165) is 44.7 Å². The summed E-state index contributed by atoms with van der Waals surface area (Å²) in [6.45, 7) is 2.82. The first-order valence-corrected chi connectivity index (χ1v) is 11.5. The maximum atomic E-state index is 11.2. The highest BCUT2D eigenvalue weighted by Crippen LogP contribution is 2.48. The van der Waals surface area contributed by atoms with Crippen LogP contribution in [0.15, 0.2) is 30.3 Å². The number of piperidine rings is 1. The van der Waals surface area contributed by atoms with Crippen molar-refractivity contribution in [3.05, 3.63) is 56.2 Å². The molecule has 0 spiro atoms. The number of benzene rings is 2.